The van der Waals surface area contributed by atoms with Crippen LogP contribution in [0.3, 0.4) is 0 Å². The molecule has 1 unspecified atom stereocenters. The minimum Gasteiger partial charge on any atom is -0.396 e. The van der Waals surface area contributed by atoms with E-state index in [1.54, 1.807) is 0 Å². The molecular weight excluding hydrogens is 224 g/mol. The number of nitrogens with one attached hydrogen (secondary N) is 1. The molecule has 2 rings (SSSR count). The van der Waals surface area contributed by atoms with Crippen LogP contribution in [-0.4, -0.2) is 48.8 Å². The Balaban J connectivity index is 1.67. The SMILES string of the molecule is CCCN1CCCC(NCC2(CCO)CC2)CC1. The molecule has 3 heteroatoms. The van der Waals surface area contributed by atoms with Crippen LogP contribution in [-0.2, 0) is 0 Å². The van der Waals surface area contributed by atoms with Gasteiger partial charge >= 0.3 is 0 Å². The van der Waals surface area contributed by atoms with Gasteiger partial charge in [0, 0.05) is 19.2 Å². The molecule has 2 N–H and O–H groups in total. The van der Waals surface area contributed by atoms with Crippen LogP contribution in [0, 0.1) is 5.41 Å². The van der Waals surface area contributed by atoms with Gasteiger partial charge in [0.05, 0.1) is 0 Å². The summed E-state index contributed by atoms with van der Waals surface area (Å²) in [5.74, 6) is 0. The Morgan fingerprint density at radius 1 is 1.28 bits per heavy atom. The predicted molar refractivity (Wildman–Crippen MR) is 75.7 cm³/mol. The molecule has 1 saturated heterocycles. The fourth-order valence-corrected chi connectivity index (χ4v) is 3.19. The summed E-state index contributed by atoms with van der Waals surface area (Å²) in [5, 5.41) is 12.9. The van der Waals surface area contributed by atoms with E-state index in [0.29, 0.717) is 18.1 Å². The third kappa shape index (κ3) is 4.22. The van der Waals surface area contributed by atoms with Crippen molar-refractivity contribution in [2.45, 2.75) is 57.9 Å². The van der Waals surface area contributed by atoms with E-state index in [-0.39, 0.29) is 0 Å². The van der Waals surface area contributed by atoms with Gasteiger partial charge in [0.15, 0.2) is 0 Å². The Bertz CT molecular complexity index is 241. The number of hydrogen-bond donors (Lipinski definition) is 2. The molecule has 1 aliphatic heterocycles. The van der Waals surface area contributed by atoms with Gasteiger partial charge in [0.1, 0.15) is 0 Å². The maximum atomic E-state index is 9.08. The van der Waals surface area contributed by atoms with Crippen molar-refractivity contribution >= 4 is 0 Å². The van der Waals surface area contributed by atoms with Crippen molar-refractivity contribution in [3.05, 3.63) is 0 Å². The van der Waals surface area contributed by atoms with Crippen molar-refractivity contribution in [3.63, 3.8) is 0 Å². The highest BCUT2D eigenvalue weighted by Gasteiger charge is 2.41. The molecule has 0 aromatic heterocycles. The van der Waals surface area contributed by atoms with Crippen LogP contribution < -0.4 is 5.32 Å². The first-order valence-corrected chi connectivity index (χ1v) is 7.84. The molecule has 0 bridgehead atoms. The standard InChI is InChI=1S/C15H30N2O/c1-2-9-17-10-3-4-14(5-11-17)16-13-15(6-7-15)8-12-18/h14,16,18H,2-13H2,1H3. The summed E-state index contributed by atoms with van der Waals surface area (Å²) >= 11 is 0. The summed E-state index contributed by atoms with van der Waals surface area (Å²) in [7, 11) is 0. The minimum absolute atomic E-state index is 0.358. The predicted octanol–water partition coefficient (Wildman–Crippen LogP) is 2.00. The fourth-order valence-electron chi connectivity index (χ4n) is 3.19. The molecule has 1 aliphatic carbocycles. The van der Waals surface area contributed by atoms with Crippen molar-refractivity contribution < 1.29 is 5.11 Å². The number of rotatable bonds is 7. The summed E-state index contributed by atoms with van der Waals surface area (Å²) in [6.07, 6.45) is 8.87. The Labute approximate surface area is 112 Å². The van der Waals surface area contributed by atoms with Crippen molar-refractivity contribution in [3.8, 4) is 0 Å². The highest BCUT2D eigenvalue weighted by molar-refractivity contribution is 4.95. The molecule has 1 atom stereocenters. The van der Waals surface area contributed by atoms with Gasteiger partial charge in [-0.1, -0.05) is 6.92 Å². The molecule has 18 heavy (non-hydrogen) atoms. The van der Waals surface area contributed by atoms with Crippen LogP contribution in [0.25, 0.3) is 0 Å². The quantitative estimate of drug-likeness (QED) is 0.729. The number of aliphatic hydroxyl groups is 1. The van der Waals surface area contributed by atoms with Gasteiger partial charge in [-0.25, -0.2) is 0 Å². The molecule has 1 saturated carbocycles. The largest absolute Gasteiger partial charge is 0.396 e. The van der Waals surface area contributed by atoms with E-state index in [1.807, 2.05) is 0 Å². The molecule has 1 heterocycles. The molecule has 3 nitrogen and oxygen atoms in total. The van der Waals surface area contributed by atoms with E-state index in [0.717, 1.165) is 13.0 Å². The van der Waals surface area contributed by atoms with Crippen molar-refractivity contribution in [2.24, 2.45) is 5.41 Å². The zero-order valence-corrected chi connectivity index (χ0v) is 12.0. The maximum absolute atomic E-state index is 9.08. The highest BCUT2D eigenvalue weighted by atomic mass is 16.3. The topological polar surface area (TPSA) is 35.5 Å². The Morgan fingerprint density at radius 2 is 2.11 bits per heavy atom. The maximum Gasteiger partial charge on any atom is 0.0436 e. The second kappa shape index (κ2) is 6.88. The van der Waals surface area contributed by atoms with Crippen LogP contribution in [0.15, 0.2) is 0 Å². The first-order chi connectivity index (χ1) is 8.78. The Morgan fingerprint density at radius 3 is 2.78 bits per heavy atom. The zero-order chi connectivity index (χ0) is 12.8. The van der Waals surface area contributed by atoms with Gasteiger partial charge in [-0.05, 0) is 70.0 Å². The van der Waals surface area contributed by atoms with Gasteiger partial charge in [-0.2, -0.15) is 0 Å². The smallest absolute Gasteiger partial charge is 0.0436 e. The van der Waals surface area contributed by atoms with Crippen LogP contribution in [0.2, 0.25) is 0 Å². The van der Waals surface area contributed by atoms with Crippen LogP contribution in [0.4, 0.5) is 0 Å². The summed E-state index contributed by atoms with van der Waals surface area (Å²) in [6.45, 7) is 7.57. The van der Waals surface area contributed by atoms with Gasteiger partial charge in [0.25, 0.3) is 0 Å². The normalized spacial score (nSPS) is 28.0. The lowest BCUT2D eigenvalue weighted by Gasteiger charge is -2.22. The minimum atomic E-state index is 0.358. The van der Waals surface area contributed by atoms with Gasteiger partial charge < -0.3 is 15.3 Å². The fraction of sp³-hybridized carbons (Fsp3) is 1.00. The monoisotopic (exact) mass is 254 g/mol. The number of aliphatic hydroxyl groups excluding tert-OH is 1. The first-order valence-electron chi connectivity index (χ1n) is 7.84. The summed E-state index contributed by atoms with van der Waals surface area (Å²) in [5.41, 5.74) is 0.462. The molecular formula is C15H30N2O. The Hall–Kier alpha value is -0.120. The van der Waals surface area contributed by atoms with Gasteiger partial charge in [0.2, 0.25) is 0 Å². The van der Waals surface area contributed by atoms with Gasteiger partial charge in [-0.3, -0.25) is 0 Å². The third-order valence-corrected chi connectivity index (χ3v) is 4.73. The summed E-state index contributed by atoms with van der Waals surface area (Å²) < 4.78 is 0. The average molecular weight is 254 g/mol. The van der Waals surface area contributed by atoms with E-state index in [4.69, 9.17) is 5.11 Å². The Kier molecular flexibility index (Phi) is 5.46. The molecule has 106 valence electrons. The number of nitrogens with zero attached hydrogens (tertiary/aromatic N) is 1. The molecule has 0 aromatic rings. The van der Waals surface area contributed by atoms with Crippen LogP contribution >= 0.6 is 0 Å². The van der Waals surface area contributed by atoms with E-state index in [1.165, 1.54) is 58.2 Å². The third-order valence-electron chi connectivity index (χ3n) is 4.73. The van der Waals surface area contributed by atoms with Crippen molar-refractivity contribution in [1.29, 1.82) is 0 Å². The number of hydrogen-bond acceptors (Lipinski definition) is 3. The summed E-state index contributed by atoms with van der Waals surface area (Å²) in [6, 6.07) is 0.711. The van der Waals surface area contributed by atoms with Crippen LogP contribution in [0.1, 0.15) is 51.9 Å². The van der Waals surface area contributed by atoms with Crippen molar-refractivity contribution in [2.75, 3.05) is 32.8 Å². The molecule has 0 aromatic carbocycles. The molecule has 2 aliphatic rings. The zero-order valence-electron chi connectivity index (χ0n) is 12.0. The lowest BCUT2D eigenvalue weighted by Crippen LogP contribution is -2.35. The number of likely N-dealkylation sites (tertiary alicyclic amines) is 1. The second-order valence-electron chi connectivity index (χ2n) is 6.32. The van der Waals surface area contributed by atoms with E-state index < -0.39 is 0 Å². The van der Waals surface area contributed by atoms with E-state index in [2.05, 4.69) is 17.1 Å². The van der Waals surface area contributed by atoms with Crippen molar-refractivity contribution in [1.82, 2.24) is 10.2 Å². The van der Waals surface area contributed by atoms with Crippen LogP contribution in [0.5, 0.6) is 0 Å². The van der Waals surface area contributed by atoms with E-state index in [9.17, 15) is 0 Å². The second-order valence-corrected chi connectivity index (χ2v) is 6.32. The molecule has 0 radical (unpaired) electrons. The molecule has 0 spiro atoms. The van der Waals surface area contributed by atoms with Gasteiger partial charge in [-0.15, -0.1) is 0 Å². The summed E-state index contributed by atoms with van der Waals surface area (Å²) in [4.78, 5) is 2.61. The molecule has 2 fully saturated rings. The first kappa shape index (κ1) is 14.3. The molecule has 0 amide bonds. The average Bonchev–Trinajstić information content (AvgIpc) is 3.14. The lowest BCUT2D eigenvalue weighted by molar-refractivity contribution is 0.239. The van der Waals surface area contributed by atoms with E-state index >= 15 is 0 Å². The lowest BCUT2D eigenvalue weighted by atomic mass is 10.0. The highest BCUT2D eigenvalue weighted by Crippen LogP contribution is 2.48.